The van der Waals surface area contributed by atoms with Gasteiger partial charge in [-0.15, -0.1) is 4.73 Å². The smallest absolute Gasteiger partial charge is 0.355 e. The van der Waals surface area contributed by atoms with E-state index in [0.29, 0.717) is 24.1 Å². The van der Waals surface area contributed by atoms with Crippen LogP contribution < -0.4 is 4.84 Å². The zero-order chi connectivity index (χ0) is 17.8. The van der Waals surface area contributed by atoms with Crippen molar-refractivity contribution in [2.45, 2.75) is 18.9 Å². The average molecular weight is 342 g/mol. The topological polar surface area (TPSA) is 92.0 Å². The predicted molar refractivity (Wildman–Crippen MR) is 89.6 cm³/mol. The lowest BCUT2D eigenvalue weighted by Gasteiger charge is -2.21. The van der Waals surface area contributed by atoms with Gasteiger partial charge in [0.15, 0.2) is 0 Å². The Morgan fingerprint density at radius 2 is 1.76 bits per heavy atom. The third kappa shape index (κ3) is 3.65. The van der Waals surface area contributed by atoms with Crippen molar-refractivity contribution in [3.63, 3.8) is 0 Å². The van der Waals surface area contributed by atoms with E-state index in [0.717, 1.165) is 5.56 Å². The zero-order valence-corrected chi connectivity index (χ0v) is 13.4. The van der Waals surface area contributed by atoms with Gasteiger partial charge in [0, 0.05) is 24.8 Å². The number of aromatic nitrogens is 1. The molecule has 3 rings (SSSR count). The molecule has 0 aliphatic carbocycles. The van der Waals surface area contributed by atoms with Gasteiger partial charge in [0.25, 0.3) is 0 Å². The minimum absolute atomic E-state index is 0.288. The van der Waals surface area contributed by atoms with E-state index in [1.165, 1.54) is 23.1 Å². The first-order chi connectivity index (χ1) is 12.1. The van der Waals surface area contributed by atoms with E-state index in [2.05, 4.69) is 0 Å². The van der Waals surface area contributed by atoms with Crippen molar-refractivity contribution in [3.8, 4) is 11.8 Å². The third-order valence-corrected chi connectivity index (χ3v) is 4.00. The highest BCUT2D eigenvalue weighted by Crippen LogP contribution is 2.22. The summed E-state index contributed by atoms with van der Waals surface area (Å²) in [5.41, 5.74) is 0.886. The fourth-order valence-corrected chi connectivity index (χ4v) is 2.75. The average Bonchev–Trinajstić information content (AvgIpc) is 3.23. The van der Waals surface area contributed by atoms with Crippen LogP contribution in [0, 0.1) is 0 Å². The fourth-order valence-electron chi connectivity index (χ4n) is 2.75. The van der Waals surface area contributed by atoms with Crippen LogP contribution in [0.2, 0.25) is 0 Å². The van der Waals surface area contributed by atoms with Crippen molar-refractivity contribution in [1.82, 2.24) is 9.63 Å². The third-order valence-electron chi connectivity index (χ3n) is 4.00. The summed E-state index contributed by atoms with van der Waals surface area (Å²) < 4.78 is 0.628. The van der Waals surface area contributed by atoms with Gasteiger partial charge in [0.2, 0.25) is 17.7 Å². The SMILES string of the molecule is O=C(On1c(O)ccc1O)[C@@H]1CCCN1C(=O)C=Cc1ccccc1. The molecule has 1 aromatic carbocycles. The molecule has 130 valence electrons. The molecule has 0 unspecified atom stereocenters. The molecule has 1 saturated heterocycles. The highest BCUT2D eigenvalue weighted by Gasteiger charge is 2.35. The Bertz CT molecular complexity index is 778. The van der Waals surface area contributed by atoms with Gasteiger partial charge in [0.1, 0.15) is 6.04 Å². The molecule has 1 aliphatic heterocycles. The normalized spacial score (nSPS) is 17.1. The second-order valence-corrected chi connectivity index (χ2v) is 5.69. The molecular weight excluding hydrogens is 324 g/mol. The zero-order valence-electron chi connectivity index (χ0n) is 13.4. The predicted octanol–water partition coefficient (Wildman–Crippen LogP) is 1.56. The summed E-state index contributed by atoms with van der Waals surface area (Å²) in [6, 6.07) is 11.0. The second-order valence-electron chi connectivity index (χ2n) is 5.69. The van der Waals surface area contributed by atoms with Crippen LogP contribution in [0.25, 0.3) is 6.08 Å². The minimum atomic E-state index is -0.755. The van der Waals surface area contributed by atoms with Gasteiger partial charge in [-0.2, -0.15) is 0 Å². The molecule has 1 atom stereocenters. The molecule has 2 aromatic rings. The Hall–Kier alpha value is -3.22. The summed E-state index contributed by atoms with van der Waals surface area (Å²) in [4.78, 5) is 31.2. The van der Waals surface area contributed by atoms with Crippen LogP contribution in [0.4, 0.5) is 0 Å². The first-order valence-corrected chi connectivity index (χ1v) is 7.92. The maximum atomic E-state index is 12.4. The largest absolute Gasteiger partial charge is 0.492 e. The quantitative estimate of drug-likeness (QED) is 0.823. The van der Waals surface area contributed by atoms with Crippen molar-refractivity contribution in [2.24, 2.45) is 0 Å². The highest BCUT2D eigenvalue weighted by atomic mass is 16.7. The van der Waals surface area contributed by atoms with Crippen LogP contribution >= 0.6 is 0 Å². The Labute approximate surface area is 144 Å². The van der Waals surface area contributed by atoms with Crippen molar-refractivity contribution >= 4 is 18.0 Å². The lowest BCUT2D eigenvalue weighted by molar-refractivity contribution is -0.153. The molecular formula is C18H18N2O5. The number of carbonyl (C=O) groups excluding carboxylic acids is 2. The molecule has 2 N–H and O–H groups in total. The molecule has 2 heterocycles. The van der Waals surface area contributed by atoms with Crippen LogP contribution in [-0.4, -0.2) is 44.3 Å². The number of carbonyl (C=O) groups is 2. The van der Waals surface area contributed by atoms with Crippen molar-refractivity contribution in [1.29, 1.82) is 0 Å². The second kappa shape index (κ2) is 7.12. The van der Waals surface area contributed by atoms with Crippen LogP contribution in [0.1, 0.15) is 18.4 Å². The van der Waals surface area contributed by atoms with Crippen molar-refractivity contribution < 1.29 is 24.6 Å². The van der Waals surface area contributed by atoms with Crippen LogP contribution in [0.15, 0.2) is 48.5 Å². The van der Waals surface area contributed by atoms with E-state index in [1.807, 2.05) is 30.3 Å². The monoisotopic (exact) mass is 342 g/mol. The number of nitrogens with zero attached hydrogens (tertiary/aromatic N) is 2. The van der Waals surface area contributed by atoms with Crippen LogP contribution in [-0.2, 0) is 9.59 Å². The summed E-state index contributed by atoms with van der Waals surface area (Å²) in [6.45, 7) is 0.446. The summed E-state index contributed by atoms with van der Waals surface area (Å²) in [6.07, 6.45) is 4.25. The molecule has 0 radical (unpaired) electrons. The van der Waals surface area contributed by atoms with Gasteiger partial charge in [-0.05, 0) is 24.5 Å². The Balaban J connectivity index is 1.68. The van der Waals surface area contributed by atoms with E-state index >= 15 is 0 Å². The molecule has 25 heavy (non-hydrogen) atoms. The molecule has 0 saturated carbocycles. The Morgan fingerprint density at radius 1 is 1.08 bits per heavy atom. The molecule has 7 nitrogen and oxygen atoms in total. The molecule has 1 fully saturated rings. The van der Waals surface area contributed by atoms with Gasteiger partial charge in [0.05, 0.1) is 0 Å². The van der Waals surface area contributed by atoms with Gasteiger partial charge < -0.3 is 20.0 Å². The molecule has 0 spiro atoms. The van der Waals surface area contributed by atoms with Gasteiger partial charge in [-0.3, -0.25) is 4.79 Å². The number of rotatable bonds is 4. The van der Waals surface area contributed by atoms with Crippen molar-refractivity contribution in [3.05, 3.63) is 54.1 Å². The standard InChI is InChI=1S/C18H18N2O5/c21-15(9-8-13-5-2-1-3-6-13)19-12-4-7-14(19)18(24)25-20-16(22)10-11-17(20)23/h1-3,5-6,8-11,14,22-23H,4,7,12H2/t14-/m0/s1. The molecule has 7 heteroatoms. The summed E-state index contributed by atoms with van der Waals surface area (Å²) >= 11 is 0. The number of aromatic hydroxyl groups is 2. The van der Waals surface area contributed by atoms with Crippen LogP contribution in [0.5, 0.6) is 11.8 Å². The molecule has 1 amide bonds. The van der Waals surface area contributed by atoms with E-state index in [-0.39, 0.29) is 5.91 Å². The molecule has 0 bridgehead atoms. The van der Waals surface area contributed by atoms with Crippen molar-refractivity contribution in [2.75, 3.05) is 6.54 Å². The lowest BCUT2D eigenvalue weighted by atomic mass is 10.2. The summed E-state index contributed by atoms with van der Waals surface area (Å²) in [5, 5.41) is 19.1. The number of hydrogen-bond donors (Lipinski definition) is 2. The number of amides is 1. The van der Waals surface area contributed by atoms with E-state index < -0.39 is 23.8 Å². The number of benzene rings is 1. The summed E-state index contributed by atoms with van der Waals surface area (Å²) in [7, 11) is 0. The first kappa shape index (κ1) is 16.6. The van der Waals surface area contributed by atoms with Crippen LogP contribution in [0.3, 0.4) is 0 Å². The molecule has 1 aromatic heterocycles. The minimum Gasteiger partial charge on any atom is -0.492 e. The Morgan fingerprint density at radius 3 is 2.44 bits per heavy atom. The summed E-state index contributed by atoms with van der Waals surface area (Å²) in [5.74, 6) is -1.79. The molecule has 1 aliphatic rings. The van der Waals surface area contributed by atoms with E-state index in [9.17, 15) is 19.8 Å². The maximum Gasteiger partial charge on any atom is 0.355 e. The van der Waals surface area contributed by atoms with E-state index in [1.54, 1.807) is 6.08 Å². The Kier molecular flexibility index (Phi) is 4.74. The van der Waals surface area contributed by atoms with E-state index in [4.69, 9.17) is 4.84 Å². The maximum absolute atomic E-state index is 12.4. The van der Waals surface area contributed by atoms with Gasteiger partial charge >= 0.3 is 5.97 Å². The fraction of sp³-hybridized carbons (Fsp3) is 0.222. The number of likely N-dealkylation sites (tertiary alicyclic amines) is 1. The number of hydrogen-bond acceptors (Lipinski definition) is 5. The highest BCUT2D eigenvalue weighted by molar-refractivity contribution is 5.95. The first-order valence-electron chi connectivity index (χ1n) is 7.92. The lowest BCUT2D eigenvalue weighted by Crippen LogP contribution is -2.43. The van der Waals surface area contributed by atoms with Gasteiger partial charge in [-0.1, -0.05) is 30.3 Å². The van der Waals surface area contributed by atoms with Gasteiger partial charge in [-0.25, -0.2) is 4.79 Å².